The van der Waals surface area contributed by atoms with E-state index in [-0.39, 0.29) is 5.91 Å². The van der Waals surface area contributed by atoms with E-state index in [0.717, 1.165) is 48.0 Å². The number of hydrogen-bond acceptors (Lipinski definition) is 6. The summed E-state index contributed by atoms with van der Waals surface area (Å²) in [7, 11) is 0. The van der Waals surface area contributed by atoms with Gasteiger partial charge in [0.05, 0.1) is 22.4 Å². The van der Waals surface area contributed by atoms with E-state index in [9.17, 15) is 4.79 Å². The lowest BCUT2D eigenvalue weighted by molar-refractivity contribution is 0.103. The molecule has 1 amide bonds. The first-order chi connectivity index (χ1) is 14.3. The van der Waals surface area contributed by atoms with Crippen LogP contribution in [0.25, 0.3) is 20.5 Å². The van der Waals surface area contributed by atoms with Gasteiger partial charge in [0.2, 0.25) is 0 Å². The van der Waals surface area contributed by atoms with Crippen LogP contribution in [0, 0.1) is 0 Å². The number of benzene rings is 1. The molecule has 1 aromatic carbocycles. The molecule has 1 fully saturated rings. The summed E-state index contributed by atoms with van der Waals surface area (Å²) < 4.78 is 1.28. The predicted molar refractivity (Wildman–Crippen MR) is 122 cm³/mol. The molecule has 1 saturated heterocycles. The summed E-state index contributed by atoms with van der Waals surface area (Å²) in [6, 6.07) is 14.5. The van der Waals surface area contributed by atoms with Crippen molar-refractivity contribution < 1.29 is 4.79 Å². The zero-order chi connectivity index (χ0) is 19.6. The minimum absolute atomic E-state index is 0.0951. The fourth-order valence-electron chi connectivity index (χ4n) is 3.58. The molecule has 1 aliphatic rings. The maximum absolute atomic E-state index is 12.9. The Hall–Kier alpha value is -2.74. The fourth-order valence-corrected chi connectivity index (χ4v) is 5.25. The second-order valence-electron chi connectivity index (χ2n) is 6.92. The largest absolute Gasteiger partial charge is 0.367 e. The van der Waals surface area contributed by atoms with Crippen LogP contribution in [0.1, 0.15) is 9.67 Å². The van der Waals surface area contributed by atoms with Gasteiger partial charge in [-0.3, -0.25) is 9.78 Å². The smallest absolute Gasteiger partial charge is 0.265 e. The molecule has 7 heteroatoms. The minimum Gasteiger partial charge on any atom is -0.367 e. The number of rotatable bonds is 4. The molecular formula is C22H20N4OS2. The minimum atomic E-state index is -0.0951. The van der Waals surface area contributed by atoms with E-state index < -0.39 is 0 Å². The SMILES string of the molecule is O=C(Nc1cnccc1N1CCNCC1)c1ccc(-c2ccc3sccc3c2)s1. The number of nitrogens with zero attached hydrogens (tertiary/aromatic N) is 2. The Kier molecular flexibility index (Phi) is 5.01. The Morgan fingerprint density at radius 1 is 1.10 bits per heavy atom. The van der Waals surface area contributed by atoms with E-state index in [0.29, 0.717) is 4.88 Å². The van der Waals surface area contributed by atoms with Crippen LogP contribution in [0.3, 0.4) is 0 Å². The average molecular weight is 421 g/mol. The molecule has 0 aliphatic carbocycles. The summed E-state index contributed by atoms with van der Waals surface area (Å²) in [6.45, 7) is 3.72. The highest BCUT2D eigenvalue weighted by Crippen LogP contribution is 2.33. The lowest BCUT2D eigenvalue weighted by Crippen LogP contribution is -2.43. The lowest BCUT2D eigenvalue weighted by Gasteiger charge is -2.30. The van der Waals surface area contributed by atoms with Crippen LogP contribution in [0.5, 0.6) is 0 Å². The molecule has 4 aromatic rings. The molecule has 0 spiro atoms. The number of aromatic nitrogens is 1. The molecule has 2 N–H and O–H groups in total. The monoisotopic (exact) mass is 420 g/mol. The zero-order valence-electron chi connectivity index (χ0n) is 15.7. The summed E-state index contributed by atoms with van der Waals surface area (Å²) in [5, 5.41) is 9.76. The van der Waals surface area contributed by atoms with E-state index in [2.05, 4.69) is 50.2 Å². The fraction of sp³-hybridized carbons (Fsp3) is 0.182. The molecule has 0 unspecified atom stereocenters. The molecule has 3 aromatic heterocycles. The van der Waals surface area contributed by atoms with Gasteiger partial charge in [-0.2, -0.15) is 0 Å². The zero-order valence-corrected chi connectivity index (χ0v) is 17.4. The van der Waals surface area contributed by atoms with Gasteiger partial charge in [-0.1, -0.05) is 6.07 Å². The Balaban J connectivity index is 1.37. The molecule has 5 nitrogen and oxygen atoms in total. The number of thiophene rings is 2. The number of amides is 1. The van der Waals surface area contributed by atoms with Crippen molar-refractivity contribution in [2.24, 2.45) is 0 Å². The Labute approximate surface area is 177 Å². The maximum Gasteiger partial charge on any atom is 0.265 e. The van der Waals surface area contributed by atoms with Crippen LogP contribution in [0.4, 0.5) is 11.4 Å². The van der Waals surface area contributed by atoms with Gasteiger partial charge in [0.15, 0.2) is 0 Å². The Bertz CT molecular complexity index is 1160. The van der Waals surface area contributed by atoms with Crippen molar-refractivity contribution in [3.8, 4) is 10.4 Å². The molecule has 0 radical (unpaired) electrons. The van der Waals surface area contributed by atoms with Gasteiger partial charge < -0.3 is 15.5 Å². The molecule has 0 atom stereocenters. The maximum atomic E-state index is 12.9. The van der Waals surface area contributed by atoms with E-state index in [4.69, 9.17) is 0 Å². The molecule has 5 rings (SSSR count). The third-order valence-electron chi connectivity index (χ3n) is 5.07. The number of fused-ring (bicyclic) bond motifs is 1. The molecule has 1 aliphatic heterocycles. The van der Waals surface area contributed by atoms with Crippen LogP contribution < -0.4 is 15.5 Å². The first-order valence-corrected chi connectivity index (χ1v) is 11.3. The first-order valence-electron chi connectivity index (χ1n) is 9.56. The van der Waals surface area contributed by atoms with Crippen molar-refractivity contribution in [1.29, 1.82) is 0 Å². The highest BCUT2D eigenvalue weighted by atomic mass is 32.1. The molecule has 0 saturated carbocycles. The topological polar surface area (TPSA) is 57.3 Å². The van der Waals surface area contributed by atoms with Crippen LogP contribution in [-0.4, -0.2) is 37.1 Å². The van der Waals surface area contributed by atoms with Crippen LogP contribution >= 0.6 is 22.7 Å². The van der Waals surface area contributed by atoms with Crippen LogP contribution in [-0.2, 0) is 0 Å². The highest BCUT2D eigenvalue weighted by Gasteiger charge is 2.17. The second kappa shape index (κ2) is 7.94. The standard InChI is InChI=1S/C22H20N4OS2/c27-22(25-17-14-24-7-5-18(17)26-10-8-23-9-11-26)21-4-3-20(29-21)15-1-2-19-16(13-15)6-12-28-19/h1-7,12-14,23H,8-11H2,(H,25,27). The van der Waals surface area contributed by atoms with Gasteiger partial charge in [-0.25, -0.2) is 0 Å². The number of nitrogens with one attached hydrogen (secondary N) is 2. The number of anilines is 2. The number of piperazine rings is 1. The molecule has 29 heavy (non-hydrogen) atoms. The lowest BCUT2D eigenvalue weighted by atomic mass is 10.1. The average Bonchev–Trinajstić information content (AvgIpc) is 3.44. The van der Waals surface area contributed by atoms with Crippen molar-refractivity contribution in [3.05, 3.63) is 65.1 Å². The Morgan fingerprint density at radius 2 is 2.00 bits per heavy atom. The number of hydrogen-bond donors (Lipinski definition) is 2. The van der Waals surface area contributed by atoms with Crippen molar-refractivity contribution in [2.45, 2.75) is 0 Å². The van der Waals surface area contributed by atoms with Crippen molar-refractivity contribution in [3.63, 3.8) is 0 Å². The normalized spacial score (nSPS) is 14.3. The number of pyridine rings is 1. The first kappa shape index (κ1) is 18.3. The van der Waals surface area contributed by atoms with E-state index in [1.165, 1.54) is 21.4 Å². The quantitative estimate of drug-likeness (QED) is 0.503. The number of carbonyl (C=O) groups is 1. The summed E-state index contributed by atoms with van der Waals surface area (Å²) in [6.07, 6.45) is 3.51. The van der Waals surface area contributed by atoms with Crippen molar-refractivity contribution >= 4 is 50.0 Å². The van der Waals surface area contributed by atoms with Gasteiger partial charge in [0.25, 0.3) is 5.91 Å². The number of carbonyl (C=O) groups excluding carboxylic acids is 1. The van der Waals surface area contributed by atoms with E-state index >= 15 is 0 Å². The van der Waals surface area contributed by atoms with Gasteiger partial charge in [0.1, 0.15) is 0 Å². The van der Waals surface area contributed by atoms with Gasteiger partial charge >= 0.3 is 0 Å². The van der Waals surface area contributed by atoms with Crippen LogP contribution in [0.2, 0.25) is 0 Å². The third kappa shape index (κ3) is 3.76. The van der Waals surface area contributed by atoms with E-state index in [1.54, 1.807) is 23.7 Å². The van der Waals surface area contributed by atoms with Crippen molar-refractivity contribution in [1.82, 2.24) is 10.3 Å². The molecule has 0 bridgehead atoms. The van der Waals surface area contributed by atoms with Gasteiger partial charge in [-0.05, 0) is 52.7 Å². The molecular weight excluding hydrogens is 400 g/mol. The summed E-state index contributed by atoms with van der Waals surface area (Å²) in [5.74, 6) is -0.0951. The summed E-state index contributed by atoms with van der Waals surface area (Å²) >= 11 is 3.25. The predicted octanol–water partition coefficient (Wildman–Crippen LogP) is 4.69. The summed E-state index contributed by atoms with van der Waals surface area (Å²) in [5.41, 5.74) is 2.92. The second-order valence-corrected chi connectivity index (χ2v) is 8.95. The van der Waals surface area contributed by atoms with Gasteiger partial charge in [-0.15, -0.1) is 22.7 Å². The Morgan fingerprint density at radius 3 is 2.90 bits per heavy atom. The van der Waals surface area contributed by atoms with E-state index in [1.807, 2.05) is 18.2 Å². The van der Waals surface area contributed by atoms with Gasteiger partial charge in [0, 0.05) is 42.0 Å². The molecule has 4 heterocycles. The molecule has 146 valence electrons. The van der Waals surface area contributed by atoms with Crippen molar-refractivity contribution in [2.75, 3.05) is 36.4 Å². The summed E-state index contributed by atoms with van der Waals surface area (Å²) in [4.78, 5) is 21.2. The third-order valence-corrected chi connectivity index (χ3v) is 7.10. The van der Waals surface area contributed by atoms with Crippen LogP contribution in [0.15, 0.2) is 60.2 Å². The highest BCUT2D eigenvalue weighted by molar-refractivity contribution is 7.18.